The summed E-state index contributed by atoms with van der Waals surface area (Å²) in [4.78, 5) is 28.6. The van der Waals surface area contributed by atoms with E-state index in [0.717, 1.165) is 4.68 Å². The average Bonchev–Trinajstić information content (AvgIpc) is 3.51. The molecule has 2 atom stereocenters. The number of amides is 2. The van der Waals surface area contributed by atoms with Crippen molar-refractivity contribution in [2.75, 3.05) is 31.5 Å². The summed E-state index contributed by atoms with van der Waals surface area (Å²) in [6, 6.07) is 9.33. The van der Waals surface area contributed by atoms with Gasteiger partial charge in [0.25, 0.3) is 11.8 Å². The first-order valence-electron chi connectivity index (χ1n) is 11.0. The molecule has 8 nitrogen and oxygen atoms in total. The lowest BCUT2D eigenvalue weighted by atomic mass is 9.97. The average molecular weight is 508 g/mol. The first kappa shape index (κ1) is 23.3. The molecule has 0 bridgehead atoms. The van der Waals surface area contributed by atoms with Crippen LogP contribution in [-0.2, 0) is 0 Å². The van der Waals surface area contributed by atoms with E-state index in [0.29, 0.717) is 5.56 Å². The fraction of sp³-hybridized carbons (Fsp3) is 0.348. The summed E-state index contributed by atoms with van der Waals surface area (Å²) < 4.78 is 47.8. The summed E-state index contributed by atoms with van der Waals surface area (Å²) in [5.74, 6) is -0.710. The van der Waals surface area contributed by atoms with Crippen molar-refractivity contribution in [2.24, 2.45) is 0 Å². The molecule has 2 amide bonds. The lowest BCUT2D eigenvalue weighted by Crippen LogP contribution is -2.50. The predicted octanol–water partition coefficient (Wildman–Crippen LogP) is 4.39. The molecule has 3 aromatic rings. The van der Waals surface area contributed by atoms with Gasteiger partial charge in [0.2, 0.25) is 0 Å². The smallest absolute Gasteiger partial charge is 0.410 e. The molecule has 0 unspecified atom stereocenters. The summed E-state index contributed by atoms with van der Waals surface area (Å²) in [7, 11) is 0. The molecular formula is C23H21ClF3N5O3. The van der Waals surface area contributed by atoms with Crippen LogP contribution in [-0.4, -0.2) is 63.7 Å². The molecule has 0 spiro atoms. The third-order valence-electron chi connectivity index (χ3n) is 6.29. The van der Waals surface area contributed by atoms with Crippen molar-refractivity contribution in [1.82, 2.24) is 19.6 Å². The summed E-state index contributed by atoms with van der Waals surface area (Å²) in [6.45, 7) is 0.866. The molecular weight excluding hydrogens is 487 g/mol. The maximum Gasteiger partial charge on any atom is 0.410 e. The number of piperazine rings is 1. The van der Waals surface area contributed by atoms with Crippen molar-refractivity contribution >= 4 is 29.2 Å². The molecule has 2 aliphatic rings. The van der Waals surface area contributed by atoms with Crippen LogP contribution in [0.5, 0.6) is 0 Å². The number of carbonyl (C=O) groups is 2. The maximum atomic E-state index is 14.0. The number of nitrogens with zero attached hydrogens (tertiary/aromatic N) is 4. The second-order valence-corrected chi connectivity index (χ2v) is 8.80. The lowest BCUT2D eigenvalue weighted by Gasteiger charge is -2.34. The zero-order valence-electron chi connectivity index (χ0n) is 18.3. The minimum Gasteiger partial charge on any atom is -0.459 e. The topological polar surface area (TPSA) is 83.6 Å². The number of benzene rings is 1. The normalized spacial score (nSPS) is 20.3. The fourth-order valence-corrected chi connectivity index (χ4v) is 4.71. The highest BCUT2D eigenvalue weighted by Gasteiger charge is 2.48. The van der Waals surface area contributed by atoms with Crippen molar-refractivity contribution < 1.29 is 27.2 Å². The zero-order chi connectivity index (χ0) is 24.7. The van der Waals surface area contributed by atoms with Crippen LogP contribution in [0.4, 0.5) is 19.0 Å². The number of rotatable bonds is 3. The molecule has 2 aliphatic heterocycles. The van der Waals surface area contributed by atoms with E-state index in [9.17, 15) is 22.8 Å². The second kappa shape index (κ2) is 8.95. The van der Waals surface area contributed by atoms with Gasteiger partial charge in [0, 0.05) is 32.6 Å². The maximum absolute atomic E-state index is 14.0. The minimum absolute atomic E-state index is 0.0379. The molecule has 5 rings (SSSR count). The number of halogens is 4. The monoisotopic (exact) mass is 507 g/mol. The molecule has 1 fully saturated rings. The number of hydrogen-bond acceptors (Lipinski definition) is 5. The molecule has 4 heterocycles. The third kappa shape index (κ3) is 4.36. The van der Waals surface area contributed by atoms with Crippen molar-refractivity contribution in [3.8, 4) is 0 Å². The van der Waals surface area contributed by atoms with E-state index in [2.05, 4.69) is 10.4 Å². The van der Waals surface area contributed by atoms with Gasteiger partial charge in [-0.2, -0.15) is 18.3 Å². The first-order valence-corrected chi connectivity index (χ1v) is 11.4. The highest BCUT2D eigenvalue weighted by atomic mass is 35.5. The molecule has 1 aromatic carbocycles. The summed E-state index contributed by atoms with van der Waals surface area (Å²) in [5, 5.41) is 6.89. The minimum atomic E-state index is -4.59. The van der Waals surface area contributed by atoms with Crippen molar-refractivity contribution in [3.63, 3.8) is 0 Å². The summed E-state index contributed by atoms with van der Waals surface area (Å²) in [5.41, 5.74) is 0.429. The number of alkyl halides is 3. The van der Waals surface area contributed by atoms with Gasteiger partial charge in [-0.1, -0.05) is 41.9 Å². The van der Waals surface area contributed by atoms with Crippen molar-refractivity contribution in [3.05, 3.63) is 70.8 Å². The predicted molar refractivity (Wildman–Crippen MR) is 120 cm³/mol. The van der Waals surface area contributed by atoms with Crippen LogP contribution in [0.1, 0.15) is 45.1 Å². The van der Waals surface area contributed by atoms with Crippen LogP contribution in [0.2, 0.25) is 5.02 Å². The fourth-order valence-electron chi connectivity index (χ4n) is 4.45. The Labute approximate surface area is 203 Å². The van der Waals surface area contributed by atoms with Crippen molar-refractivity contribution in [2.45, 2.75) is 24.7 Å². The number of aromatic nitrogens is 2. The summed E-state index contributed by atoms with van der Waals surface area (Å²) in [6.07, 6.45) is -3.47. The van der Waals surface area contributed by atoms with E-state index >= 15 is 0 Å². The molecule has 0 aliphatic carbocycles. The Morgan fingerprint density at radius 2 is 1.66 bits per heavy atom. The van der Waals surface area contributed by atoms with E-state index in [1.54, 1.807) is 47.4 Å². The molecule has 35 heavy (non-hydrogen) atoms. The zero-order valence-corrected chi connectivity index (χ0v) is 19.1. The first-order chi connectivity index (χ1) is 16.7. The van der Waals surface area contributed by atoms with Gasteiger partial charge in [0.1, 0.15) is 10.8 Å². The molecule has 1 N–H and O–H groups in total. The van der Waals surface area contributed by atoms with Gasteiger partial charge < -0.3 is 19.5 Å². The number of furan rings is 1. The summed E-state index contributed by atoms with van der Waals surface area (Å²) >= 11 is 6.43. The Hall–Kier alpha value is -3.47. The number of carbonyl (C=O) groups excluding carboxylic acids is 2. The van der Waals surface area contributed by atoms with Gasteiger partial charge in [-0.05, 0) is 17.7 Å². The van der Waals surface area contributed by atoms with E-state index in [1.807, 2.05) is 0 Å². The second-order valence-electron chi connectivity index (χ2n) is 8.42. The molecule has 0 radical (unpaired) electrons. The number of hydrogen-bond donors (Lipinski definition) is 1. The molecule has 12 heteroatoms. The number of nitrogens with one attached hydrogen (secondary N) is 1. The number of fused-ring (bicyclic) bond motifs is 1. The van der Waals surface area contributed by atoms with Crippen LogP contribution in [0.15, 0.2) is 53.1 Å². The van der Waals surface area contributed by atoms with Crippen LogP contribution in [0.25, 0.3) is 0 Å². The van der Waals surface area contributed by atoms with Crippen LogP contribution >= 0.6 is 11.6 Å². The van der Waals surface area contributed by atoms with Gasteiger partial charge in [0.15, 0.2) is 17.5 Å². The third-order valence-corrected chi connectivity index (χ3v) is 6.64. The molecule has 184 valence electrons. The van der Waals surface area contributed by atoms with Crippen LogP contribution in [0.3, 0.4) is 0 Å². The Morgan fingerprint density at radius 3 is 2.26 bits per heavy atom. The Morgan fingerprint density at radius 1 is 1.00 bits per heavy atom. The quantitative estimate of drug-likeness (QED) is 0.568. The van der Waals surface area contributed by atoms with Gasteiger partial charge in [-0.15, -0.1) is 0 Å². The molecule has 0 saturated carbocycles. The highest BCUT2D eigenvalue weighted by molar-refractivity contribution is 6.36. The molecule has 2 aromatic heterocycles. The largest absolute Gasteiger partial charge is 0.459 e. The Bertz CT molecular complexity index is 1220. The van der Waals surface area contributed by atoms with E-state index in [-0.39, 0.29) is 60.8 Å². The van der Waals surface area contributed by atoms with Gasteiger partial charge in [-0.25, -0.2) is 4.68 Å². The van der Waals surface area contributed by atoms with E-state index in [1.165, 1.54) is 11.2 Å². The van der Waals surface area contributed by atoms with Crippen LogP contribution < -0.4 is 5.32 Å². The standard InChI is InChI=1S/C23H21ClF3N5O3/c24-18-19(22(34)31-10-8-30(9-11-31)21(33)16-7-4-12-35-16)29-32-17(23(25,26)27)13-15(28-20(18)32)14-5-2-1-3-6-14/h1-7,12,15,17,28H,8-11,13H2/t15-,17+/m0/s1. The SMILES string of the molecule is O=C(c1ccco1)N1CCN(C(=O)c2nn3c(c2Cl)N[C@H](c2ccccc2)C[C@@H]3C(F)(F)F)CC1. The van der Waals surface area contributed by atoms with Gasteiger partial charge in [-0.3, -0.25) is 9.59 Å². The molecule has 1 saturated heterocycles. The number of anilines is 1. The van der Waals surface area contributed by atoms with Crippen LogP contribution in [0, 0.1) is 0 Å². The van der Waals surface area contributed by atoms with Gasteiger partial charge >= 0.3 is 6.18 Å². The highest BCUT2D eigenvalue weighted by Crippen LogP contribution is 2.46. The Balaban J connectivity index is 1.37. The Kier molecular flexibility index (Phi) is 5.96. The lowest BCUT2D eigenvalue weighted by molar-refractivity contribution is -0.173. The van der Waals surface area contributed by atoms with Crippen molar-refractivity contribution in [1.29, 1.82) is 0 Å². The van der Waals surface area contributed by atoms with E-state index in [4.69, 9.17) is 16.0 Å². The van der Waals surface area contributed by atoms with Gasteiger partial charge in [0.05, 0.1) is 12.3 Å². The van der Waals surface area contributed by atoms with E-state index < -0.39 is 24.2 Å².